The lowest BCUT2D eigenvalue weighted by atomic mass is 10.1. The Kier molecular flexibility index (Phi) is 6.07. The molecule has 1 N–H and O–H groups in total. The number of nitrogens with one attached hydrogen (secondary N) is 1. The third-order valence-electron chi connectivity index (χ3n) is 4.93. The van der Waals surface area contributed by atoms with Crippen LogP contribution in [0.3, 0.4) is 0 Å². The maximum absolute atomic E-state index is 12.5. The van der Waals surface area contributed by atoms with Crippen molar-refractivity contribution in [2.24, 2.45) is 5.10 Å². The third-order valence-corrected chi connectivity index (χ3v) is 4.93. The molecule has 1 aromatic carbocycles. The lowest BCUT2D eigenvalue weighted by Gasteiger charge is -2.20. The molecule has 2 aromatic heterocycles. The summed E-state index contributed by atoms with van der Waals surface area (Å²) in [6, 6.07) is 12.7. The van der Waals surface area contributed by atoms with Gasteiger partial charge < -0.3 is 9.57 Å². The average Bonchev–Trinajstić information content (AvgIpc) is 3.34. The lowest BCUT2D eigenvalue weighted by molar-refractivity contribution is 0.0757. The van der Waals surface area contributed by atoms with Gasteiger partial charge in [-0.2, -0.15) is 10.6 Å². The Labute approximate surface area is 180 Å². The number of hydroxylamine groups is 1. The van der Waals surface area contributed by atoms with Gasteiger partial charge in [0, 0.05) is 60.8 Å². The number of anilines is 1. The highest BCUT2D eigenvalue weighted by Crippen LogP contribution is 2.32. The minimum absolute atomic E-state index is 0.324. The maximum atomic E-state index is 12.5. The first kappa shape index (κ1) is 20.3. The number of hydrogen-bond acceptors (Lipinski definition) is 7. The van der Waals surface area contributed by atoms with Gasteiger partial charge in [-0.25, -0.2) is 15.0 Å². The van der Waals surface area contributed by atoms with E-state index in [0.29, 0.717) is 29.4 Å². The fraction of sp³-hybridized carbons (Fsp3) is 0.217. The number of hydrogen-bond donors (Lipinski definition) is 1. The molecule has 158 valence electrons. The van der Waals surface area contributed by atoms with Crippen molar-refractivity contribution < 1.29 is 14.4 Å². The van der Waals surface area contributed by atoms with Gasteiger partial charge in [0.15, 0.2) is 11.6 Å². The van der Waals surface area contributed by atoms with Crippen LogP contribution in [0, 0.1) is 6.92 Å². The number of carbonyl (C=O) groups is 1. The van der Waals surface area contributed by atoms with Crippen LogP contribution in [0.4, 0.5) is 5.82 Å². The van der Waals surface area contributed by atoms with Crippen LogP contribution in [0.2, 0.25) is 0 Å². The first-order valence-corrected chi connectivity index (χ1v) is 9.95. The zero-order chi connectivity index (χ0) is 21.6. The predicted molar refractivity (Wildman–Crippen MR) is 118 cm³/mol. The van der Waals surface area contributed by atoms with E-state index in [1.54, 1.807) is 49.8 Å². The standard InChI is InChI=1S/C23H23N5O3/c1-16-21(31-27-23(29)18-7-4-3-5-8-18)19(13-17-9-10-20(30-2)24-14-17)15-25-22(16)28-12-6-11-26-28/h3-5,7-11,14-15H,6,12-13H2,1-2H3,(H,27,29). The van der Waals surface area contributed by atoms with Gasteiger partial charge in [-0.15, -0.1) is 0 Å². The second-order valence-electron chi connectivity index (χ2n) is 7.06. The highest BCUT2D eigenvalue weighted by Gasteiger charge is 2.20. The molecular formula is C23H23N5O3. The van der Waals surface area contributed by atoms with E-state index in [1.165, 1.54) is 0 Å². The number of hydrazone groups is 1. The predicted octanol–water partition coefficient (Wildman–Crippen LogP) is 3.30. The molecule has 0 fully saturated rings. The monoisotopic (exact) mass is 417 g/mol. The Morgan fingerprint density at radius 2 is 1.97 bits per heavy atom. The smallest absolute Gasteiger partial charge is 0.283 e. The van der Waals surface area contributed by atoms with Crippen molar-refractivity contribution in [1.29, 1.82) is 0 Å². The molecule has 3 heterocycles. The topological polar surface area (TPSA) is 88.9 Å². The van der Waals surface area contributed by atoms with Crippen LogP contribution in [0.25, 0.3) is 0 Å². The van der Waals surface area contributed by atoms with Crippen LogP contribution in [0.1, 0.15) is 33.5 Å². The number of methoxy groups -OCH3 is 1. The highest BCUT2D eigenvalue weighted by atomic mass is 16.7. The third kappa shape index (κ3) is 4.63. The summed E-state index contributed by atoms with van der Waals surface area (Å²) in [5.74, 6) is 1.48. The zero-order valence-electron chi connectivity index (χ0n) is 17.4. The second kappa shape index (κ2) is 9.25. The molecular weight excluding hydrogens is 394 g/mol. The zero-order valence-corrected chi connectivity index (χ0v) is 17.4. The number of ether oxygens (including phenoxy) is 1. The molecule has 4 rings (SSSR count). The summed E-state index contributed by atoms with van der Waals surface area (Å²) in [6.07, 6.45) is 6.76. The van der Waals surface area contributed by atoms with Gasteiger partial charge in [-0.3, -0.25) is 4.79 Å². The van der Waals surface area contributed by atoms with Crippen molar-refractivity contribution in [2.75, 3.05) is 18.7 Å². The number of pyridine rings is 2. The molecule has 0 atom stereocenters. The number of rotatable bonds is 7. The van der Waals surface area contributed by atoms with E-state index in [0.717, 1.165) is 29.7 Å². The fourth-order valence-corrected chi connectivity index (χ4v) is 3.32. The first-order valence-electron chi connectivity index (χ1n) is 9.95. The van der Waals surface area contributed by atoms with Crippen LogP contribution in [-0.2, 0) is 6.42 Å². The Bertz CT molecular complexity index is 1080. The summed E-state index contributed by atoms with van der Waals surface area (Å²) in [5.41, 5.74) is 5.66. The van der Waals surface area contributed by atoms with E-state index >= 15 is 0 Å². The summed E-state index contributed by atoms with van der Waals surface area (Å²) in [4.78, 5) is 27.2. The van der Waals surface area contributed by atoms with Gasteiger partial charge in [0.1, 0.15) is 0 Å². The molecule has 0 saturated carbocycles. The Morgan fingerprint density at radius 3 is 2.65 bits per heavy atom. The van der Waals surface area contributed by atoms with Crippen LogP contribution >= 0.6 is 0 Å². The van der Waals surface area contributed by atoms with Crippen molar-refractivity contribution >= 4 is 17.9 Å². The fourth-order valence-electron chi connectivity index (χ4n) is 3.32. The molecule has 0 radical (unpaired) electrons. The van der Waals surface area contributed by atoms with E-state index < -0.39 is 0 Å². The van der Waals surface area contributed by atoms with Crippen LogP contribution < -0.4 is 20.1 Å². The Hall–Kier alpha value is -3.94. The van der Waals surface area contributed by atoms with E-state index in [4.69, 9.17) is 9.57 Å². The SMILES string of the molecule is COc1ccc(Cc2cnc(N3CCC=N3)c(C)c2ONC(=O)c2ccccc2)cn1. The van der Waals surface area contributed by atoms with Gasteiger partial charge in [0.25, 0.3) is 5.91 Å². The molecule has 8 heteroatoms. The minimum Gasteiger partial charge on any atom is -0.481 e. The van der Waals surface area contributed by atoms with Crippen molar-refractivity contribution in [3.63, 3.8) is 0 Å². The Balaban J connectivity index is 1.62. The maximum Gasteiger partial charge on any atom is 0.283 e. The molecule has 8 nitrogen and oxygen atoms in total. The van der Waals surface area contributed by atoms with Crippen LogP contribution in [0.5, 0.6) is 11.6 Å². The van der Waals surface area contributed by atoms with Gasteiger partial charge in [-0.1, -0.05) is 24.3 Å². The Morgan fingerprint density at radius 1 is 1.13 bits per heavy atom. The van der Waals surface area contributed by atoms with Gasteiger partial charge in [0.05, 0.1) is 7.11 Å². The number of nitrogens with zero attached hydrogens (tertiary/aromatic N) is 4. The van der Waals surface area contributed by atoms with Crippen molar-refractivity contribution in [3.8, 4) is 11.6 Å². The summed E-state index contributed by atoms with van der Waals surface area (Å²) in [5, 5.41) is 6.20. The normalized spacial score (nSPS) is 12.6. The highest BCUT2D eigenvalue weighted by molar-refractivity contribution is 5.93. The molecule has 0 saturated heterocycles. The molecule has 31 heavy (non-hydrogen) atoms. The number of aromatic nitrogens is 2. The van der Waals surface area contributed by atoms with Gasteiger partial charge in [-0.05, 0) is 24.6 Å². The first-order chi connectivity index (χ1) is 15.2. The van der Waals surface area contributed by atoms with E-state index in [1.807, 2.05) is 30.3 Å². The summed E-state index contributed by atoms with van der Waals surface area (Å²) in [6.45, 7) is 2.67. The molecule has 1 amide bonds. The van der Waals surface area contributed by atoms with E-state index in [-0.39, 0.29) is 5.91 Å². The molecule has 0 unspecified atom stereocenters. The molecule has 0 bridgehead atoms. The lowest BCUT2D eigenvalue weighted by Crippen LogP contribution is -2.28. The second-order valence-corrected chi connectivity index (χ2v) is 7.06. The molecule has 0 aliphatic carbocycles. The largest absolute Gasteiger partial charge is 0.481 e. The number of carbonyl (C=O) groups excluding carboxylic acids is 1. The van der Waals surface area contributed by atoms with Gasteiger partial charge in [0.2, 0.25) is 5.88 Å². The summed E-state index contributed by atoms with van der Waals surface area (Å²) in [7, 11) is 1.58. The van der Waals surface area contributed by atoms with Crippen molar-refractivity contribution in [3.05, 3.63) is 77.1 Å². The number of amides is 1. The van der Waals surface area contributed by atoms with E-state index in [9.17, 15) is 4.79 Å². The average molecular weight is 417 g/mol. The van der Waals surface area contributed by atoms with Crippen LogP contribution in [0.15, 0.2) is 60.0 Å². The van der Waals surface area contributed by atoms with Crippen molar-refractivity contribution in [1.82, 2.24) is 15.4 Å². The van der Waals surface area contributed by atoms with Gasteiger partial charge >= 0.3 is 0 Å². The summed E-state index contributed by atoms with van der Waals surface area (Å²) < 4.78 is 5.13. The molecule has 0 spiro atoms. The summed E-state index contributed by atoms with van der Waals surface area (Å²) >= 11 is 0. The van der Waals surface area contributed by atoms with E-state index in [2.05, 4.69) is 20.5 Å². The molecule has 1 aliphatic heterocycles. The molecule has 3 aromatic rings. The quantitative estimate of drug-likeness (QED) is 0.594. The van der Waals surface area contributed by atoms with Crippen LogP contribution in [-0.4, -0.2) is 35.7 Å². The minimum atomic E-state index is -0.324. The number of benzene rings is 1. The molecule has 1 aliphatic rings. The van der Waals surface area contributed by atoms with Crippen molar-refractivity contribution in [2.45, 2.75) is 19.8 Å².